The van der Waals surface area contributed by atoms with Crippen molar-refractivity contribution in [3.05, 3.63) is 17.3 Å². The van der Waals surface area contributed by atoms with Crippen molar-refractivity contribution >= 4 is 53.8 Å². The van der Waals surface area contributed by atoms with E-state index < -0.39 is 20.0 Å². The molecular formula is C9H13N5O5S4. The number of aromatic nitrogens is 2. The number of hydrogen-bond donors (Lipinski definition) is 3. The monoisotopic (exact) mass is 399 g/mol. The summed E-state index contributed by atoms with van der Waals surface area (Å²) in [6.07, 6.45) is 1.39. The molecule has 0 radical (unpaired) electrons. The lowest BCUT2D eigenvalue weighted by Crippen LogP contribution is -2.11. The van der Waals surface area contributed by atoms with Crippen LogP contribution < -0.4 is 15.6 Å². The predicted molar refractivity (Wildman–Crippen MR) is 86.0 cm³/mol. The fraction of sp³-hybridized carbons (Fsp3) is 0.222. The third kappa shape index (κ3) is 6.28. The first-order valence-electron chi connectivity index (χ1n) is 5.61. The van der Waals surface area contributed by atoms with Crippen LogP contribution in [0.25, 0.3) is 0 Å². The summed E-state index contributed by atoms with van der Waals surface area (Å²) in [5, 5.41) is 13.8. The van der Waals surface area contributed by atoms with Crippen LogP contribution in [0.5, 0.6) is 0 Å². The molecule has 128 valence electrons. The second-order valence-electron chi connectivity index (χ2n) is 3.96. The quantitative estimate of drug-likeness (QED) is 0.642. The molecule has 2 aromatic heterocycles. The minimum absolute atomic E-state index is 0.0266. The molecule has 5 N–H and O–H groups in total. The lowest BCUT2D eigenvalue weighted by atomic mass is 10.6. The molecule has 0 spiro atoms. The molecule has 2 rings (SSSR count). The van der Waals surface area contributed by atoms with Gasteiger partial charge in [-0.1, -0.05) is 11.3 Å². The number of sulfonamides is 2. The van der Waals surface area contributed by atoms with E-state index in [-0.39, 0.29) is 19.6 Å². The maximum Gasteiger partial charge on any atom is 0.265 e. The molecule has 23 heavy (non-hydrogen) atoms. The van der Waals surface area contributed by atoms with E-state index in [0.29, 0.717) is 5.69 Å². The summed E-state index contributed by atoms with van der Waals surface area (Å²) in [5.41, 5.74) is 0.293. The number of hydrogen-bond acceptors (Lipinski definition) is 9. The van der Waals surface area contributed by atoms with Crippen molar-refractivity contribution in [2.45, 2.75) is 22.4 Å². The highest BCUT2D eigenvalue weighted by molar-refractivity contribution is 7.91. The first kappa shape index (κ1) is 19.6. The van der Waals surface area contributed by atoms with E-state index in [0.717, 1.165) is 22.7 Å². The maximum atomic E-state index is 11.0. The summed E-state index contributed by atoms with van der Waals surface area (Å²) < 4.78 is 42.8. The van der Waals surface area contributed by atoms with E-state index in [2.05, 4.69) is 15.3 Å². The van der Waals surface area contributed by atoms with Crippen LogP contribution in [0, 0.1) is 6.92 Å². The zero-order valence-corrected chi connectivity index (χ0v) is 15.1. The first-order chi connectivity index (χ1) is 10.4. The zero-order chi connectivity index (χ0) is 17.8. The summed E-state index contributed by atoms with van der Waals surface area (Å²) in [4.78, 5) is 18.0. The minimum atomic E-state index is -3.74. The van der Waals surface area contributed by atoms with Crippen molar-refractivity contribution in [2.24, 2.45) is 10.3 Å². The van der Waals surface area contributed by atoms with Crippen LogP contribution in [0.3, 0.4) is 0 Å². The Morgan fingerprint density at radius 3 is 2.13 bits per heavy atom. The summed E-state index contributed by atoms with van der Waals surface area (Å²) >= 11 is 1.84. The van der Waals surface area contributed by atoms with Crippen molar-refractivity contribution in [2.75, 3.05) is 5.32 Å². The molecule has 0 atom stereocenters. The number of nitrogens with zero attached hydrogens (tertiary/aromatic N) is 2. The summed E-state index contributed by atoms with van der Waals surface area (Å²) in [7, 11) is -7.30. The number of carbonyl (C=O) groups excluding carboxylic acids is 1. The molecule has 0 bridgehead atoms. The van der Waals surface area contributed by atoms with Gasteiger partial charge in [0, 0.05) is 18.5 Å². The van der Waals surface area contributed by atoms with Gasteiger partial charge >= 0.3 is 0 Å². The Hall–Kier alpha value is -1.45. The van der Waals surface area contributed by atoms with Crippen molar-refractivity contribution in [1.29, 1.82) is 0 Å². The first-order valence-corrected chi connectivity index (χ1v) is 10.4. The summed E-state index contributed by atoms with van der Waals surface area (Å²) in [6.45, 7) is 2.83. The molecule has 0 saturated heterocycles. The highest BCUT2D eigenvalue weighted by Crippen LogP contribution is 2.25. The van der Waals surface area contributed by atoms with E-state index in [4.69, 9.17) is 10.3 Å². The zero-order valence-electron chi connectivity index (χ0n) is 11.9. The van der Waals surface area contributed by atoms with Crippen LogP contribution in [0.15, 0.2) is 20.1 Å². The van der Waals surface area contributed by atoms with Crippen molar-refractivity contribution in [3.63, 3.8) is 0 Å². The van der Waals surface area contributed by atoms with Gasteiger partial charge in [0.05, 0.1) is 5.69 Å². The van der Waals surface area contributed by atoms with Gasteiger partial charge in [-0.15, -0.1) is 11.3 Å². The Morgan fingerprint density at radius 1 is 1.22 bits per heavy atom. The molecule has 0 aromatic carbocycles. The van der Waals surface area contributed by atoms with Gasteiger partial charge in [0.15, 0.2) is 9.34 Å². The van der Waals surface area contributed by atoms with Crippen LogP contribution in [-0.2, 0) is 24.8 Å². The second kappa shape index (κ2) is 7.41. The van der Waals surface area contributed by atoms with Gasteiger partial charge in [-0.2, -0.15) is 0 Å². The molecule has 0 aliphatic rings. The van der Waals surface area contributed by atoms with E-state index in [1.165, 1.54) is 20.0 Å². The number of rotatable bonds is 3. The molecule has 2 aromatic rings. The number of thiazole rings is 2. The van der Waals surface area contributed by atoms with E-state index >= 15 is 0 Å². The number of amides is 1. The lowest BCUT2D eigenvalue weighted by molar-refractivity contribution is -0.114. The third-order valence-electron chi connectivity index (χ3n) is 1.95. The van der Waals surface area contributed by atoms with Crippen LogP contribution in [0.2, 0.25) is 0 Å². The van der Waals surface area contributed by atoms with E-state index in [9.17, 15) is 21.6 Å². The molecule has 1 amide bonds. The maximum absolute atomic E-state index is 11.0. The molecule has 0 aliphatic heterocycles. The van der Waals surface area contributed by atoms with Gasteiger partial charge < -0.3 is 5.32 Å². The normalized spacial score (nSPS) is 11.5. The van der Waals surface area contributed by atoms with Crippen molar-refractivity contribution < 1.29 is 21.6 Å². The number of nitrogens with two attached hydrogens (primary N) is 2. The molecule has 0 unspecified atom stereocenters. The molecule has 10 nitrogen and oxygen atoms in total. The number of carbonyl (C=O) groups is 1. The van der Waals surface area contributed by atoms with E-state index in [1.807, 2.05) is 0 Å². The van der Waals surface area contributed by atoms with Gasteiger partial charge in [-0.05, 0) is 6.92 Å². The predicted octanol–water partition coefficient (Wildman–Crippen LogP) is -0.152. The van der Waals surface area contributed by atoms with E-state index in [1.54, 1.807) is 5.38 Å². The average molecular weight is 400 g/mol. The average Bonchev–Trinajstić information content (AvgIpc) is 2.96. The minimum Gasteiger partial charge on any atom is -0.302 e. The standard InChI is InChI=1S/C6H9N3O3S2.C3H4N2O2S2/c1-3-5(14(7,11)12)13-6(8-3)9-4(2)10;4-9(6,7)3-5-1-2-8-3/h1-2H3,(H2,7,11,12)(H,8,9,10);1-2H,(H2,4,6,7). The number of aryl methyl sites for hydroxylation is 1. The molecule has 0 fully saturated rings. The van der Waals surface area contributed by atoms with Crippen molar-refractivity contribution in [3.8, 4) is 0 Å². The fourth-order valence-electron chi connectivity index (χ4n) is 1.20. The van der Waals surface area contributed by atoms with Gasteiger partial charge in [0.2, 0.25) is 20.3 Å². The fourth-order valence-corrected chi connectivity index (χ4v) is 4.38. The molecule has 0 saturated carbocycles. The summed E-state index contributed by atoms with van der Waals surface area (Å²) in [6, 6.07) is 0. The van der Waals surface area contributed by atoms with Crippen molar-refractivity contribution in [1.82, 2.24) is 9.97 Å². The van der Waals surface area contributed by atoms with Gasteiger partial charge in [-0.25, -0.2) is 37.1 Å². The smallest absolute Gasteiger partial charge is 0.265 e. The Bertz CT molecular complexity index is 885. The number of anilines is 1. The Morgan fingerprint density at radius 2 is 1.83 bits per heavy atom. The highest BCUT2D eigenvalue weighted by Gasteiger charge is 2.17. The van der Waals surface area contributed by atoms with Gasteiger partial charge in [-0.3, -0.25) is 4.79 Å². The highest BCUT2D eigenvalue weighted by atomic mass is 32.3. The Kier molecular flexibility index (Phi) is 6.32. The topological polar surface area (TPSA) is 175 Å². The van der Waals surface area contributed by atoms with Crippen LogP contribution in [0.1, 0.15) is 12.6 Å². The third-order valence-corrected chi connectivity index (χ3v) is 6.72. The van der Waals surface area contributed by atoms with Crippen LogP contribution in [-0.4, -0.2) is 32.7 Å². The SMILES string of the molecule is CC(=O)Nc1nc(C)c(S(N)(=O)=O)s1.NS(=O)(=O)c1nccs1. The largest absolute Gasteiger partial charge is 0.302 e. The number of primary sulfonamides is 2. The molecule has 14 heteroatoms. The summed E-state index contributed by atoms with van der Waals surface area (Å²) in [5.74, 6) is -0.306. The molecule has 2 heterocycles. The van der Waals surface area contributed by atoms with Crippen LogP contribution in [0.4, 0.5) is 5.13 Å². The number of nitrogens with one attached hydrogen (secondary N) is 1. The molecular weight excluding hydrogens is 386 g/mol. The Labute approximate surface area is 140 Å². The second-order valence-corrected chi connectivity index (χ2v) is 9.35. The Balaban J connectivity index is 0.000000253. The van der Waals surface area contributed by atoms with Crippen LogP contribution >= 0.6 is 22.7 Å². The molecule has 0 aliphatic carbocycles. The van der Waals surface area contributed by atoms with Gasteiger partial charge in [0.1, 0.15) is 0 Å². The lowest BCUT2D eigenvalue weighted by Gasteiger charge is -1.92. The van der Waals surface area contributed by atoms with Gasteiger partial charge in [0.25, 0.3) is 10.0 Å².